The zero-order valence-corrected chi connectivity index (χ0v) is 13.3. The third-order valence-electron chi connectivity index (χ3n) is 4.72. The highest BCUT2D eigenvalue weighted by Crippen LogP contribution is 2.52. The summed E-state index contributed by atoms with van der Waals surface area (Å²) in [4.78, 5) is 32.3. The van der Waals surface area contributed by atoms with Crippen molar-refractivity contribution in [3.05, 3.63) is 79.9 Å². The Morgan fingerprint density at radius 1 is 1.08 bits per heavy atom. The zero-order valence-electron chi connectivity index (χ0n) is 13.3. The number of hydrogen-bond acceptors (Lipinski definition) is 5. The summed E-state index contributed by atoms with van der Waals surface area (Å²) >= 11 is 0. The molecular weight excluding hydrogens is 324 g/mol. The number of nitrogens with zero attached hydrogens (tertiary/aromatic N) is 2. The molecule has 1 fully saturated rings. The van der Waals surface area contributed by atoms with Crippen LogP contribution < -0.4 is 0 Å². The van der Waals surface area contributed by atoms with Gasteiger partial charge in [-0.15, -0.1) is 0 Å². The molecule has 1 aliphatic rings. The van der Waals surface area contributed by atoms with Crippen molar-refractivity contribution in [1.29, 1.82) is 0 Å². The maximum Gasteiger partial charge on any atom is 0.279 e. The first-order valence-electron chi connectivity index (χ1n) is 7.93. The molecule has 3 rings (SSSR count). The number of aldehydes is 1. The van der Waals surface area contributed by atoms with Crippen LogP contribution in [-0.2, 0) is 11.2 Å². The molecule has 2 aromatic rings. The van der Waals surface area contributed by atoms with E-state index in [0.717, 1.165) is 24.3 Å². The normalized spacial score (nSPS) is 19.8. The van der Waals surface area contributed by atoms with Gasteiger partial charge >= 0.3 is 0 Å². The molecule has 0 unspecified atom stereocenters. The van der Waals surface area contributed by atoms with Crippen molar-refractivity contribution < 1.29 is 14.6 Å². The van der Waals surface area contributed by atoms with Crippen LogP contribution in [0.1, 0.15) is 23.5 Å². The first-order chi connectivity index (χ1) is 12.0. The van der Waals surface area contributed by atoms with Crippen molar-refractivity contribution >= 4 is 17.7 Å². The second-order valence-corrected chi connectivity index (χ2v) is 6.25. The van der Waals surface area contributed by atoms with Gasteiger partial charge < -0.3 is 4.79 Å². The van der Waals surface area contributed by atoms with Gasteiger partial charge in [-0.05, 0) is 36.3 Å². The maximum absolute atomic E-state index is 11.5. The molecule has 7 nitrogen and oxygen atoms in total. The van der Waals surface area contributed by atoms with Crippen LogP contribution in [0.3, 0.4) is 0 Å². The van der Waals surface area contributed by atoms with Gasteiger partial charge in [0.15, 0.2) is 0 Å². The molecule has 128 valence electrons. The van der Waals surface area contributed by atoms with Gasteiger partial charge in [0.05, 0.1) is 15.9 Å². The lowest BCUT2D eigenvalue weighted by molar-refractivity contribution is -0.394. The quantitative estimate of drug-likeness (QED) is 0.434. The molecule has 0 bridgehead atoms. The van der Waals surface area contributed by atoms with E-state index in [0.29, 0.717) is 5.56 Å². The number of nitro groups is 2. The summed E-state index contributed by atoms with van der Waals surface area (Å²) in [6.45, 7) is 0. The first kappa shape index (κ1) is 16.8. The van der Waals surface area contributed by atoms with Crippen LogP contribution in [0.4, 0.5) is 11.4 Å². The lowest BCUT2D eigenvalue weighted by atomic mass is 9.92. The summed E-state index contributed by atoms with van der Waals surface area (Å²) in [5.41, 5.74) is 0.883. The molecule has 2 aromatic carbocycles. The first-order valence-corrected chi connectivity index (χ1v) is 7.93. The van der Waals surface area contributed by atoms with Crippen LogP contribution in [0.25, 0.3) is 0 Å². The van der Waals surface area contributed by atoms with E-state index in [1.807, 2.05) is 30.3 Å². The molecule has 0 saturated heterocycles. The molecule has 0 aromatic heterocycles. The molecule has 1 saturated carbocycles. The SMILES string of the molecule is O=C[C@@H](Cc1ccc([N+](=O)[O-])cc1[N+](=O)[O-])[C@@H]1C[C@H]1c1ccccc1. The van der Waals surface area contributed by atoms with E-state index in [1.54, 1.807) is 0 Å². The van der Waals surface area contributed by atoms with Crippen LogP contribution in [0, 0.1) is 32.1 Å². The highest BCUT2D eigenvalue weighted by Gasteiger charge is 2.44. The van der Waals surface area contributed by atoms with Gasteiger partial charge in [0, 0.05) is 17.5 Å². The van der Waals surface area contributed by atoms with Crippen molar-refractivity contribution in [2.24, 2.45) is 11.8 Å². The van der Waals surface area contributed by atoms with Crippen molar-refractivity contribution in [3.8, 4) is 0 Å². The fraction of sp³-hybridized carbons (Fsp3) is 0.278. The summed E-state index contributed by atoms with van der Waals surface area (Å²) in [5.74, 6) is 0.0913. The Kier molecular flexibility index (Phi) is 4.56. The Labute approximate surface area is 143 Å². The van der Waals surface area contributed by atoms with Crippen LogP contribution >= 0.6 is 0 Å². The second kappa shape index (κ2) is 6.80. The molecule has 0 aliphatic heterocycles. The van der Waals surface area contributed by atoms with Crippen molar-refractivity contribution in [3.63, 3.8) is 0 Å². The smallest absolute Gasteiger partial charge is 0.279 e. The average molecular weight is 340 g/mol. The molecule has 0 N–H and O–H groups in total. The predicted octanol–water partition coefficient (Wildman–Crippen LogP) is 3.66. The van der Waals surface area contributed by atoms with Crippen molar-refractivity contribution in [2.45, 2.75) is 18.8 Å². The lowest BCUT2D eigenvalue weighted by Crippen LogP contribution is -2.11. The molecule has 3 atom stereocenters. The topological polar surface area (TPSA) is 103 Å². The summed E-state index contributed by atoms with van der Waals surface area (Å²) in [6, 6.07) is 13.4. The molecule has 7 heteroatoms. The van der Waals surface area contributed by atoms with Gasteiger partial charge in [-0.1, -0.05) is 30.3 Å². The van der Waals surface area contributed by atoms with E-state index < -0.39 is 9.85 Å². The number of carbonyl (C=O) groups is 1. The molecule has 0 amide bonds. The Balaban J connectivity index is 1.80. The average Bonchev–Trinajstić information content (AvgIpc) is 3.40. The van der Waals surface area contributed by atoms with Gasteiger partial charge in [0.25, 0.3) is 11.4 Å². The van der Waals surface area contributed by atoms with Gasteiger partial charge in [-0.2, -0.15) is 0 Å². The van der Waals surface area contributed by atoms with E-state index in [4.69, 9.17) is 0 Å². The largest absolute Gasteiger partial charge is 0.303 e. The minimum Gasteiger partial charge on any atom is -0.303 e. The summed E-state index contributed by atoms with van der Waals surface area (Å²) in [7, 11) is 0. The number of rotatable bonds is 7. The third kappa shape index (κ3) is 3.55. The number of carbonyl (C=O) groups excluding carboxylic acids is 1. The summed E-state index contributed by atoms with van der Waals surface area (Å²) in [5, 5.41) is 22.0. The van der Waals surface area contributed by atoms with Crippen molar-refractivity contribution in [1.82, 2.24) is 0 Å². The van der Waals surface area contributed by atoms with Crippen LogP contribution in [0.2, 0.25) is 0 Å². The monoisotopic (exact) mass is 340 g/mol. The number of benzene rings is 2. The molecular formula is C18H16N2O5. The standard InChI is InChI=1S/C18H16N2O5/c21-11-14(17-10-16(17)12-4-2-1-3-5-12)8-13-6-7-15(19(22)23)9-18(13)20(24)25/h1-7,9,11,14,16-17H,8,10H2/t14-,16+,17+/m1/s1. The molecule has 0 spiro atoms. The third-order valence-corrected chi connectivity index (χ3v) is 4.72. The zero-order chi connectivity index (χ0) is 18.0. The molecule has 0 heterocycles. The van der Waals surface area contributed by atoms with Gasteiger partial charge in [0.2, 0.25) is 0 Å². The van der Waals surface area contributed by atoms with E-state index >= 15 is 0 Å². The maximum atomic E-state index is 11.5. The Morgan fingerprint density at radius 3 is 2.40 bits per heavy atom. The highest BCUT2D eigenvalue weighted by molar-refractivity contribution is 5.59. The molecule has 25 heavy (non-hydrogen) atoms. The summed E-state index contributed by atoms with van der Waals surface area (Å²) < 4.78 is 0. The predicted molar refractivity (Wildman–Crippen MR) is 90.3 cm³/mol. The minimum atomic E-state index is -0.666. The fourth-order valence-electron chi connectivity index (χ4n) is 3.33. The van der Waals surface area contributed by atoms with Gasteiger partial charge in [-0.3, -0.25) is 20.2 Å². The van der Waals surface area contributed by atoms with E-state index in [2.05, 4.69) is 0 Å². The Bertz CT molecular complexity index is 821. The minimum absolute atomic E-state index is 0.148. The van der Waals surface area contributed by atoms with Gasteiger partial charge in [0.1, 0.15) is 6.29 Å². The van der Waals surface area contributed by atoms with Crippen LogP contribution in [0.5, 0.6) is 0 Å². The number of nitro benzene ring substituents is 2. The van der Waals surface area contributed by atoms with Crippen molar-refractivity contribution in [2.75, 3.05) is 0 Å². The Morgan fingerprint density at radius 2 is 1.80 bits per heavy atom. The molecule has 0 radical (unpaired) electrons. The number of hydrogen-bond donors (Lipinski definition) is 0. The van der Waals surface area contributed by atoms with Crippen LogP contribution in [0.15, 0.2) is 48.5 Å². The van der Waals surface area contributed by atoms with E-state index in [-0.39, 0.29) is 35.5 Å². The number of non-ortho nitro benzene ring substituents is 1. The molecule has 1 aliphatic carbocycles. The highest BCUT2D eigenvalue weighted by atomic mass is 16.6. The fourth-order valence-corrected chi connectivity index (χ4v) is 3.33. The van der Waals surface area contributed by atoms with Gasteiger partial charge in [-0.25, -0.2) is 0 Å². The lowest BCUT2D eigenvalue weighted by Gasteiger charge is -2.10. The Hall–Kier alpha value is -3.09. The van der Waals surface area contributed by atoms with E-state index in [9.17, 15) is 25.0 Å². The summed E-state index contributed by atoms with van der Waals surface area (Å²) in [6.07, 6.45) is 1.93. The van der Waals surface area contributed by atoms with E-state index in [1.165, 1.54) is 12.1 Å². The second-order valence-electron chi connectivity index (χ2n) is 6.25. The van der Waals surface area contributed by atoms with Crippen LogP contribution in [-0.4, -0.2) is 16.1 Å².